The van der Waals surface area contributed by atoms with E-state index in [1.807, 2.05) is 6.92 Å². The van der Waals surface area contributed by atoms with Crippen LogP contribution in [0.4, 0.5) is 0 Å². The minimum atomic E-state index is -0.726. The minimum absolute atomic E-state index is 0. The molecule has 1 radical (unpaired) electrons. The summed E-state index contributed by atoms with van der Waals surface area (Å²) in [6.07, 6.45) is 1.33. The molecule has 4 amide bonds. The third-order valence-corrected chi connectivity index (χ3v) is 7.72. The molecule has 5 aromatic rings. The second-order valence-electron chi connectivity index (χ2n) is 10.7. The van der Waals surface area contributed by atoms with Crippen LogP contribution in [0.5, 0.6) is 0 Å². The van der Waals surface area contributed by atoms with Gasteiger partial charge in [0.15, 0.2) is 0 Å². The van der Waals surface area contributed by atoms with E-state index in [-0.39, 0.29) is 107 Å². The second kappa shape index (κ2) is 19.8. The molecule has 0 fully saturated rings. The largest absolute Gasteiger partial charge is 0.358 e. The Labute approximate surface area is 341 Å². The minimum Gasteiger partial charge on any atom is -0.358 e. The van der Waals surface area contributed by atoms with Gasteiger partial charge in [0.25, 0.3) is 45.9 Å². The van der Waals surface area contributed by atoms with Gasteiger partial charge in [-0.15, -0.1) is 0 Å². The maximum atomic E-state index is 12.3. The van der Waals surface area contributed by atoms with E-state index in [0.29, 0.717) is 35.2 Å². The fourth-order valence-electron chi connectivity index (χ4n) is 5.33. The number of hydrogen-bond acceptors (Lipinski definition) is 8. The monoisotopic (exact) mass is 801 g/mol. The quantitative estimate of drug-likeness (QED) is 0.164. The van der Waals surface area contributed by atoms with Gasteiger partial charge in [-0.05, 0) is 49.2 Å². The Bertz CT molecular complexity index is 2280. The predicted molar refractivity (Wildman–Crippen MR) is 208 cm³/mol. The van der Waals surface area contributed by atoms with Crippen molar-refractivity contribution in [1.82, 2.24) is 18.9 Å². The van der Waals surface area contributed by atoms with Crippen LogP contribution in [0.3, 0.4) is 0 Å². The molecular weight excluding hydrogens is 741 g/mol. The Morgan fingerprint density at radius 2 is 0.885 bits per heavy atom. The summed E-state index contributed by atoms with van der Waals surface area (Å²) in [7, 11) is 5.23. The SMILES string of the molecule is C.CCCN1C(=O)c2ccccc2C1=O.CN1C(=O)c2ccccc2C1=O.[2H]C.[2H]C.[2H][2H].[2H][2H].[2H]c1c2c(=O)n(C)c(=O)c2c([2H])c2c(=O)n(CCC)c(=O)c12.[CH3-].[CH3-].[Y]. The first-order valence-corrected chi connectivity index (χ1v) is 14.5. The van der Waals surface area contributed by atoms with Crippen LogP contribution in [-0.2, 0) is 46.3 Å². The Morgan fingerprint density at radius 3 is 1.21 bits per heavy atom. The van der Waals surface area contributed by atoms with E-state index in [4.69, 9.17) is 11.4 Å². The van der Waals surface area contributed by atoms with Crippen LogP contribution >= 0.6 is 0 Å². The van der Waals surface area contributed by atoms with Crippen molar-refractivity contribution in [2.24, 2.45) is 7.05 Å². The second-order valence-corrected chi connectivity index (χ2v) is 10.7. The third kappa shape index (κ3) is 8.34. The van der Waals surface area contributed by atoms with Crippen LogP contribution in [0, 0.1) is 14.9 Å². The molecule has 0 atom stereocenters. The number of amides is 4. The summed E-state index contributed by atoms with van der Waals surface area (Å²) in [4.78, 5) is 97.3. The zero-order valence-corrected chi connectivity index (χ0v) is 32.9. The molecule has 0 saturated carbocycles. The van der Waals surface area contributed by atoms with E-state index in [1.54, 1.807) is 55.5 Å². The molecule has 2 aromatic heterocycles. The van der Waals surface area contributed by atoms with Gasteiger partial charge in [-0.3, -0.25) is 57.3 Å². The molecule has 7 rings (SSSR count). The van der Waals surface area contributed by atoms with Gasteiger partial charge in [-0.25, -0.2) is 0 Å². The van der Waals surface area contributed by atoms with Crippen molar-refractivity contribution in [3.05, 3.63) is 139 Å². The number of hydrogen-bond donors (Lipinski definition) is 0. The van der Waals surface area contributed by atoms with Crippen molar-refractivity contribution < 1.29 is 63.3 Å². The first-order chi connectivity index (χ1) is 26.8. The van der Waals surface area contributed by atoms with Gasteiger partial charge in [0, 0.05) is 68.6 Å². The zero-order chi connectivity index (χ0) is 43.2. The van der Waals surface area contributed by atoms with Gasteiger partial charge in [-0.1, -0.05) is 60.3 Å². The molecule has 2 aliphatic rings. The molecule has 281 valence electrons. The smallest absolute Gasteiger partial charge is 0.261 e. The maximum absolute atomic E-state index is 12.3. The maximum Gasteiger partial charge on any atom is 0.261 e. The normalized spacial score (nSPS) is 13.1. The van der Waals surface area contributed by atoms with Crippen LogP contribution in [0.1, 0.15) is 102 Å². The number of nitrogens with zero attached hydrogens (tertiary/aromatic N) is 4. The fourth-order valence-corrected chi connectivity index (χ4v) is 5.33. The summed E-state index contributed by atoms with van der Waals surface area (Å²) in [6.45, 7) is 4.41. The van der Waals surface area contributed by atoms with E-state index >= 15 is 0 Å². The molecule has 4 heterocycles. The first kappa shape index (κ1) is 38.6. The Hall–Kier alpha value is -4.68. The van der Waals surface area contributed by atoms with E-state index in [2.05, 4.69) is 0 Å². The number of benzene rings is 3. The van der Waals surface area contributed by atoms with Crippen LogP contribution < -0.4 is 22.2 Å². The van der Waals surface area contributed by atoms with Crippen molar-refractivity contribution in [3.8, 4) is 0 Å². The van der Waals surface area contributed by atoms with Gasteiger partial charge in [-0.2, -0.15) is 0 Å². The summed E-state index contributed by atoms with van der Waals surface area (Å²) < 4.78 is 49.4. The van der Waals surface area contributed by atoms with E-state index in [0.717, 1.165) is 20.5 Å². The molecule has 12 nitrogen and oxygen atoms in total. The van der Waals surface area contributed by atoms with Crippen LogP contribution in [0.25, 0.3) is 21.5 Å². The van der Waals surface area contributed by atoms with Crippen LogP contribution in [-0.4, -0.2) is 56.2 Å². The van der Waals surface area contributed by atoms with Crippen molar-refractivity contribution in [3.63, 3.8) is 0 Å². The average molecular weight is 802 g/mol. The molecule has 52 heavy (non-hydrogen) atoms. The van der Waals surface area contributed by atoms with Gasteiger partial charge in [0.2, 0.25) is 0 Å². The average Bonchev–Trinajstić information content (AvgIpc) is 3.82. The van der Waals surface area contributed by atoms with Gasteiger partial charge >= 0.3 is 0 Å². The molecule has 0 spiro atoms. The molecule has 3 aromatic carbocycles. The van der Waals surface area contributed by atoms with Crippen LogP contribution in [0.2, 0.25) is 0 Å². The zero-order valence-electron chi connectivity index (χ0n) is 38.1. The predicted octanol–water partition coefficient (Wildman–Crippen LogP) is 5.76. The molecule has 0 bridgehead atoms. The Balaban J connectivity index is -0.000000363. The first-order valence-electron chi connectivity index (χ1n) is 19.5. The van der Waals surface area contributed by atoms with Gasteiger partial charge in [0.1, 0.15) is 0 Å². The number of fused-ring (bicyclic) bond motifs is 4. The standard InChI is InChI=1S/C14H12N2O4.C11H11NO2.C9H7NO2.3CH4.2CH3.Y.2H2/c1-3-4-16-13(19)9-5-7-8(6-10(9)14(16)20)12(18)15(2)11(7)17;1-2-7-12-10(13)8-5-3-4-6-9(8)11(12)14;1-10-8(11)6-4-2-3-5-7(6)9(10)12;;;;;;;;/h5-6H,3-4H2,1-2H3;3-6H,2,7H2,1H3;2-5H,1H3;3*1H4;2*1H3;;2*1H/q;;;;;;2*-1;;;/i5D,6D;;;2*1D;;;;;2*1+1D. The van der Waals surface area contributed by atoms with Gasteiger partial charge < -0.3 is 14.9 Å². The molecular formula is C39H52N4O8Y-2. The molecule has 13 heteroatoms. The number of carbonyl (C=O) groups is 4. The van der Waals surface area contributed by atoms with Gasteiger partial charge in [0.05, 0.1) is 46.5 Å². The third-order valence-electron chi connectivity index (χ3n) is 7.72. The molecule has 2 aliphatic heterocycles. The summed E-state index contributed by atoms with van der Waals surface area (Å²) >= 11 is 0. The molecule has 0 saturated heterocycles. The van der Waals surface area contributed by atoms with Crippen molar-refractivity contribution in [1.29, 1.82) is 0 Å². The van der Waals surface area contributed by atoms with E-state index < -0.39 is 34.3 Å². The summed E-state index contributed by atoms with van der Waals surface area (Å²) in [6, 6.07) is 12.9. The Morgan fingerprint density at radius 1 is 0.577 bits per heavy atom. The molecule has 0 unspecified atom stereocenters. The molecule has 0 aliphatic carbocycles. The summed E-state index contributed by atoms with van der Waals surface area (Å²) in [5.74, 6) is -0.744. The van der Waals surface area contributed by atoms with Crippen LogP contribution in [0.15, 0.2) is 79.8 Å². The van der Waals surface area contributed by atoms with E-state index in [9.17, 15) is 38.4 Å². The fraction of sp³-hybridized carbons (Fsp3) is 0.282. The van der Waals surface area contributed by atoms with E-state index in [1.165, 1.54) is 33.8 Å². The van der Waals surface area contributed by atoms with Crippen molar-refractivity contribution >= 4 is 45.2 Å². The summed E-state index contributed by atoms with van der Waals surface area (Å²) in [5, 5.41) is -1.04. The van der Waals surface area contributed by atoms with Crippen molar-refractivity contribution in [2.45, 2.75) is 55.5 Å². The molecule has 0 N–H and O–H groups in total. The number of carbonyl (C=O) groups excluding carboxylic acids is 4. The number of imide groups is 2. The summed E-state index contributed by atoms with van der Waals surface area (Å²) in [5.41, 5.74) is -0.742. The topological polar surface area (TPSA) is 153 Å². The number of rotatable bonds is 4. The Kier molecular flexibility index (Phi) is 14.7. The number of aromatic nitrogens is 2. The van der Waals surface area contributed by atoms with Crippen molar-refractivity contribution in [2.75, 3.05) is 13.6 Å².